The minimum Gasteiger partial charge on any atom is -0.0622 e. The van der Waals surface area contributed by atoms with E-state index in [1.165, 1.54) is 122 Å². The van der Waals surface area contributed by atoms with Crippen molar-refractivity contribution >= 4 is 0 Å². The molecule has 0 nitrogen and oxygen atoms in total. The maximum Gasteiger partial charge on any atom is 0.0159 e. The van der Waals surface area contributed by atoms with E-state index in [2.05, 4.69) is 272 Å². The normalized spacial score (nSPS) is 14.6. The summed E-state index contributed by atoms with van der Waals surface area (Å²) in [7, 11) is 0. The fourth-order valence-corrected chi connectivity index (χ4v) is 11.8. The van der Waals surface area contributed by atoms with Crippen LogP contribution in [-0.4, -0.2) is 0 Å². The fourth-order valence-electron chi connectivity index (χ4n) is 11.8. The lowest BCUT2D eigenvalue weighted by atomic mass is 9.79. The SMILES string of the molecule is CC1(C)c2cc(-c3ccccc3)ccc2-c2ccc(-c3ccc4c(c3)C(C)(C)c3cc(-c5ccccc5)ccc3-4)cc21.CC1(C)c2cc(-c3ccccc3)ccc2-c2ccc(-c3ccccc3)cc21. The van der Waals surface area contributed by atoms with Crippen LogP contribution in [0, 0.1) is 0 Å². The Morgan fingerprint density at radius 2 is 0.333 bits per heavy atom. The van der Waals surface area contributed by atoms with E-state index in [9.17, 15) is 0 Å². The third kappa shape index (κ3) is 7.04. The van der Waals surface area contributed by atoms with E-state index in [1.807, 2.05) is 0 Å². The molecule has 0 N–H and O–H groups in total. The van der Waals surface area contributed by atoms with Gasteiger partial charge in [-0.05, 0) is 159 Å². The lowest BCUT2D eigenvalue weighted by Gasteiger charge is -2.24. The van der Waals surface area contributed by atoms with E-state index in [0.29, 0.717) is 0 Å². The molecule has 0 saturated carbocycles. The highest BCUT2D eigenvalue weighted by atomic mass is 14.4. The first-order valence-corrected chi connectivity index (χ1v) is 24.6. The molecule has 332 valence electrons. The van der Waals surface area contributed by atoms with Crippen molar-refractivity contribution in [2.24, 2.45) is 0 Å². The Labute approximate surface area is 408 Å². The number of benzene rings is 10. The molecule has 10 aromatic rings. The zero-order valence-corrected chi connectivity index (χ0v) is 40.4. The summed E-state index contributed by atoms with van der Waals surface area (Å²) in [5.74, 6) is 0. The van der Waals surface area contributed by atoms with E-state index in [0.717, 1.165) is 0 Å². The maximum atomic E-state index is 2.45. The fraction of sp³-hybridized carbons (Fsp3) is 0.130. The predicted octanol–water partition coefficient (Wildman–Crippen LogP) is 18.6. The van der Waals surface area contributed by atoms with Crippen molar-refractivity contribution < 1.29 is 0 Å². The Balaban J connectivity index is 0.000000157. The molecule has 69 heavy (non-hydrogen) atoms. The summed E-state index contributed by atoms with van der Waals surface area (Å²) in [5.41, 5.74) is 29.4. The van der Waals surface area contributed by atoms with Crippen LogP contribution < -0.4 is 0 Å². The van der Waals surface area contributed by atoms with Crippen LogP contribution in [0.3, 0.4) is 0 Å². The summed E-state index contributed by atoms with van der Waals surface area (Å²) < 4.78 is 0. The molecular formula is C69H56. The number of hydrogen-bond acceptors (Lipinski definition) is 0. The Hall–Kier alpha value is -7.80. The van der Waals surface area contributed by atoms with Crippen LogP contribution in [-0.2, 0) is 16.2 Å². The first-order valence-electron chi connectivity index (χ1n) is 24.6. The number of rotatable bonds is 5. The van der Waals surface area contributed by atoms with E-state index in [4.69, 9.17) is 0 Å². The second-order valence-corrected chi connectivity index (χ2v) is 20.9. The molecule has 0 saturated heterocycles. The quantitative estimate of drug-likeness (QED) is 0.162. The molecular weight excluding hydrogens is 829 g/mol. The Morgan fingerprint density at radius 3 is 0.507 bits per heavy atom. The van der Waals surface area contributed by atoms with Gasteiger partial charge in [0.25, 0.3) is 0 Å². The molecule has 0 bridgehead atoms. The second-order valence-electron chi connectivity index (χ2n) is 20.9. The van der Waals surface area contributed by atoms with Crippen LogP contribution in [0.2, 0.25) is 0 Å². The molecule has 0 aliphatic heterocycles. The van der Waals surface area contributed by atoms with Gasteiger partial charge in [-0.2, -0.15) is 0 Å². The van der Waals surface area contributed by atoms with Gasteiger partial charge in [0.2, 0.25) is 0 Å². The summed E-state index contributed by atoms with van der Waals surface area (Å²) in [6, 6.07) is 84.8. The largest absolute Gasteiger partial charge is 0.0622 e. The van der Waals surface area contributed by atoms with Gasteiger partial charge in [0, 0.05) is 16.2 Å². The van der Waals surface area contributed by atoms with Crippen LogP contribution in [0.15, 0.2) is 231 Å². The average molecular weight is 885 g/mol. The standard InChI is InChI=1S/C42H34.C27H22/c1-41(2)37-23-29(27-11-7-5-8-12-27)15-19-33(37)35-21-17-31(25-39(35)41)32-18-22-36-34-20-16-30(28-13-9-6-10-14-28)24-38(34)42(3,4)40(36)26-32;1-27(2)25-17-21(19-9-5-3-6-10-19)13-15-23(25)24-16-14-22(18-26(24)27)20-11-7-4-8-12-20/h5-26H,1-4H3;3-18H,1-2H3. The van der Waals surface area contributed by atoms with E-state index in [1.54, 1.807) is 0 Å². The van der Waals surface area contributed by atoms with Gasteiger partial charge in [0.15, 0.2) is 0 Å². The molecule has 0 fully saturated rings. The first kappa shape index (κ1) is 42.5. The highest BCUT2D eigenvalue weighted by Gasteiger charge is 2.39. The van der Waals surface area contributed by atoms with Gasteiger partial charge in [-0.1, -0.05) is 236 Å². The summed E-state index contributed by atoms with van der Waals surface area (Å²) in [6.07, 6.45) is 0. The smallest absolute Gasteiger partial charge is 0.0159 e. The van der Waals surface area contributed by atoms with Crippen molar-refractivity contribution in [2.45, 2.75) is 57.8 Å². The van der Waals surface area contributed by atoms with Gasteiger partial charge in [-0.3, -0.25) is 0 Å². The van der Waals surface area contributed by atoms with Crippen molar-refractivity contribution in [3.63, 3.8) is 0 Å². The lowest BCUT2D eigenvalue weighted by Crippen LogP contribution is -2.15. The molecule has 10 aromatic carbocycles. The van der Waals surface area contributed by atoms with Gasteiger partial charge in [0.05, 0.1) is 0 Å². The van der Waals surface area contributed by atoms with Crippen molar-refractivity contribution in [1.82, 2.24) is 0 Å². The Kier molecular flexibility index (Phi) is 9.98. The summed E-state index contributed by atoms with van der Waals surface area (Å²) in [6.45, 7) is 14.2. The number of hydrogen-bond donors (Lipinski definition) is 0. The van der Waals surface area contributed by atoms with Crippen LogP contribution in [0.25, 0.3) is 89.0 Å². The zero-order chi connectivity index (χ0) is 47.1. The van der Waals surface area contributed by atoms with Gasteiger partial charge in [-0.25, -0.2) is 0 Å². The molecule has 0 aromatic heterocycles. The third-order valence-corrected chi connectivity index (χ3v) is 15.8. The van der Waals surface area contributed by atoms with Crippen LogP contribution >= 0.6 is 0 Å². The summed E-state index contributed by atoms with van der Waals surface area (Å²) >= 11 is 0. The monoisotopic (exact) mass is 884 g/mol. The van der Waals surface area contributed by atoms with Crippen molar-refractivity contribution in [1.29, 1.82) is 0 Å². The third-order valence-electron chi connectivity index (χ3n) is 15.8. The van der Waals surface area contributed by atoms with Gasteiger partial charge in [0.1, 0.15) is 0 Å². The molecule has 3 aliphatic rings. The van der Waals surface area contributed by atoms with E-state index in [-0.39, 0.29) is 16.2 Å². The topological polar surface area (TPSA) is 0 Å². The predicted molar refractivity (Wildman–Crippen MR) is 293 cm³/mol. The Morgan fingerprint density at radius 1 is 0.174 bits per heavy atom. The second kappa shape index (κ2) is 16.2. The zero-order valence-electron chi connectivity index (χ0n) is 40.4. The molecule has 0 heteroatoms. The molecule has 0 atom stereocenters. The van der Waals surface area contributed by atoms with Crippen LogP contribution in [0.4, 0.5) is 0 Å². The van der Waals surface area contributed by atoms with Gasteiger partial charge >= 0.3 is 0 Å². The van der Waals surface area contributed by atoms with Crippen molar-refractivity contribution in [3.05, 3.63) is 264 Å². The molecule has 0 unspecified atom stereocenters. The van der Waals surface area contributed by atoms with E-state index < -0.39 is 0 Å². The molecule has 0 heterocycles. The molecule has 13 rings (SSSR count). The van der Waals surface area contributed by atoms with E-state index >= 15 is 0 Å². The van der Waals surface area contributed by atoms with Crippen molar-refractivity contribution in [2.75, 3.05) is 0 Å². The molecule has 3 aliphatic carbocycles. The van der Waals surface area contributed by atoms with Crippen LogP contribution in [0.1, 0.15) is 74.9 Å². The lowest BCUT2D eigenvalue weighted by molar-refractivity contribution is 0.660. The first-order chi connectivity index (χ1) is 33.5. The molecule has 0 amide bonds. The number of fused-ring (bicyclic) bond motifs is 9. The Bertz CT molecular complexity index is 3350. The van der Waals surface area contributed by atoms with Gasteiger partial charge in [-0.15, -0.1) is 0 Å². The minimum atomic E-state index is -0.0639. The highest BCUT2D eigenvalue weighted by Crippen LogP contribution is 2.54. The van der Waals surface area contributed by atoms with Crippen molar-refractivity contribution in [3.8, 4) is 89.0 Å². The van der Waals surface area contributed by atoms with Gasteiger partial charge < -0.3 is 0 Å². The average Bonchev–Trinajstić information content (AvgIpc) is 3.87. The molecule has 0 radical (unpaired) electrons. The summed E-state index contributed by atoms with van der Waals surface area (Å²) in [4.78, 5) is 0. The molecule has 0 spiro atoms. The highest BCUT2D eigenvalue weighted by molar-refractivity contribution is 5.89. The summed E-state index contributed by atoms with van der Waals surface area (Å²) in [5, 5.41) is 0. The van der Waals surface area contributed by atoms with Crippen LogP contribution in [0.5, 0.6) is 0 Å². The minimum absolute atomic E-state index is 0.000245. The maximum absolute atomic E-state index is 2.45.